The predicted molar refractivity (Wildman–Crippen MR) is 105 cm³/mol. The largest absolute Gasteiger partial charge is 0.370 e. The van der Waals surface area contributed by atoms with Crippen molar-refractivity contribution in [3.8, 4) is 0 Å². The van der Waals surface area contributed by atoms with Crippen LogP contribution in [0.3, 0.4) is 0 Å². The Labute approximate surface area is 155 Å². The van der Waals surface area contributed by atoms with E-state index in [0.717, 1.165) is 52.2 Å². The summed E-state index contributed by atoms with van der Waals surface area (Å²) in [4.78, 5) is 1.58. The van der Waals surface area contributed by atoms with Crippen LogP contribution in [0.25, 0.3) is 0 Å². The molecule has 3 rings (SSSR count). The first kappa shape index (κ1) is 18.3. The maximum atomic E-state index is 5.37. The Hall–Kier alpha value is -1.50. The fourth-order valence-corrected chi connectivity index (χ4v) is 3.70. The number of rotatable bonds is 5. The van der Waals surface area contributed by atoms with Crippen LogP contribution in [0.1, 0.15) is 37.2 Å². The summed E-state index contributed by atoms with van der Waals surface area (Å²) in [5.41, 5.74) is 5.71. The van der Waals surface area contributed by atoms with E-state index >= 15 is 0 Å². The molecule has 1 aromatic carbocycles. The van der Waals surface area contributed by atoms with Crippen molar-refractivity contribution in [1.82, 2.24) is 10.7 Å². The molecule has 0 unspecified atom stereocenters. The molecule has 1 saturated carbocycles. The summed E-state index contributed by atoms with van der Waals surface area (Å²) in [6.45, 7) is 5.87. The van der Waals surface area contributed by atoms with Crippen LogP contribution in [-0.2, 0) is 4.74 Å². The molecule has 136 valence electrons. The van der Waals surface area contributed by atoms with Crippen molar-refractivity contribution in [2.75, 3.05) is 39.4 Å². The summed E-state index contributed by atoms with van der Waals surface area (Å²) < 4.78 is 5.37. The smallest absolute Gasteiger partial charge is 0.187 e. The highest BCUT2D eigenvalue weighted by Crippen LogP contribution is 2.31. The Bertz CT molecular complexity index is 562. The van der Waals surface area contributed by atoms with Gasteiger partial charge >= 0.3 is 0 Å². The summed E-state index contributed by atoms with van der Waals surface area (Å²) >= 11 is 5.33. The Morgan fingerprint density at radius 1 is 1.16 bits per heavy atom. The third-order valence-electron chi connectivity index (χ3n) is 5.11. The quantitative estimate of drug-likeness (QED) is 0.543. The lowest BCUT2D eigenvalue weighted by Gasteiger charge is -2.24. The van der Waals surface area contributed by atoms with Crippen LogP contribution in [0.5, 0.6) is 0 Å². The first-order valence-corrected chi connectivity index (χ1v) is 9.77. The number of quaternary nitrogens is 1. The van der Waals surface area contributed by atoms with Crippen LogP contribution in [0.15, 0.2) is 35.4 Å². The molecule has 0 atom stereocenters. The van der Waals surface area contributed by atoms with Crippen molar-refractivity contribution in [1.29, 1.82) is 0 Å². The SMILES string of the molecule is S=C(NCC[NH+]1CCOCC1)NN=C1CCC(c2ccccc2)CC1. The van der Waals surface area contributed by atoms with E-state index < -0.39 is 0 Å². The van der Waals surface area contributed by atoms with Gasteiger partial charge in [-0.15, -0.1) is 0 Å². The van der Waals surface area contributed by atoms with Crippen LogP contribution in [-0.4, -0.2) is 50.2 Å². The van der Waals surface area contributed by atoms with Crippen molar-refractivity contribution in [2.45, 2.75) is 31.6 Å². The average molecular weight is 362 g/mol. The lowest BCUT2D eigenvalue weighted by molar-refractivity contribution is -0.906. The molecule has 6 heteroatoms. The van der Waals surface area contributed by atoms with Gasteiger partial charge in [-0.1, -0.05) is 30.3 Å². The van der Waals surface area contributed by atoms with Crippen LogP contribution < -0.4 is 15.6 Å². The molecule has 2 aliphatic rings. The molecule has 0 spiro atoms. The summed E-state index contributed by atoms with van der Waals surface area (Å²) in [6.07, 6.45) is 4.44. The zero-order valence-corrected chi connectivity index (χ0v) is 15.6. The molecular formula is C19H29N4OS+. The molecule has 3 N–H and O–H groups in total. The summed E-state index contributed by atoms with van der Waals surface area (Å²) in [5.74, 6) is 0.668. The molecule has 1 aromatic rings. The van der Waals surface area contributed by atoms with Gasteiger partial charge in [0.15, 0.2) is 5.11 Å². The molecule has 2 fully saturated rings. The van der Waals surface area contributed by atoms with Crippen LogP contribution in [0.4, 0.5) is 0 Å². The maximum Gasteiger partial charge on any atom is 0.187 e. The normalized spacial score (nSPS) is 21.6. The minimum absolute atomic E-state index is 0.630. The number of hydrogen-bond donors (Lipinski definition) is 3. The van der Waals surface area contributed by atoms with Crippen molar-refractivity contribution in [2.24, 2.45) is 5.10 Å². The highest BCUT2D eigenvalue weighted by Gasteiger charge is 2.19. The number of nitrogens with zero attached hydrogens (tertiary/aromatic N) is 1. The van der Waals surface area contributed by atoms with Crippen molar-refractivity contribution < 1.29 is 9.64 Å². The van der Waals surface area contributed by atoms with E-state index in [-0.39, 0.29) is 0 Å². The Kier molecular flexibility index (Phi) is 7.21. The molecule has 5 nitrogen and oxygen atoms in total. The van der Waals surface area contributed by atoms with Gasteiger partial charge in [-0.05, 0) is 49.4 Å². The zero-order chi connectivity index (χ0) is 17.3. The molecule has 0 radical (unpaired) electrons. The maximum absolute atomic E-state index is 5.37. The Balaban J connectivity index is 1.33. The number of nitrogens with one attached hydrogen (secondary N) is 3. The van der Waals surface area contributed by atoms with Crippen LogP contribution in [0, 0.1) is 0 Å². The molecule has 0 aromatic heterocycles. The number of hydrazone groups is 1. The van der Waals surface area contributed by atoms with E-state index in [4.69, 9.17) is 17.0 Å². The van der Waals surface area contributed by atoms with Gasteiger partial charge in [0, 0.05) is 5.71 Å². The highest BCUT2D eigenvalue weighted by atomic mass is 32.1. The molecule has 25 heavy (non-hydrogen) atoms. The van der Waals surface area contributed by atoms with Gasteiger partial charge < -0.3 is 15.0 Å². The molecule has 1 aliphatic heterocycles. The van der Waals surface area contributed by atoms with Gasteiger partial charge in [-0.3, -0.25) is 5.43 Å². The standard InChI is InChI=1S/C19H28N4OS/c25-19(20-10-11-23-12-14-24-15-13-23)22-21-18-8-6-17(7-9-18)16-4-2-1-3-5-16/h1-5,17H,6-15H2,(H2,20,22,25)/p+1. The molecular weight excluding hydrogens is 332 g/mol. The predicted octanol–water partition coefficient (Wildman–Crippen LogP) is 1.08. The first-order valence-electron chi connectivity index (χ1n) is 9.37. The number of thiocarbonyl (C=S) groups is 1. The van der Waals surface area contributed by atoms with E-state index in [1.807, 2.05) is 0 Å². The summed E-state index contributed by atoms with van der Waals surface area (Å²) in [5, 5.41) is 8.40. The average Bonchev–Trinajstić information content (AvgIpc) is 2.68. The van der Waals surface area contributed by atoms with E-state index in [2.05, 4.69) is 46.2 Å². The van der Waals surface area contributed by atoms with Crippen molar-refractivity contribution >= 4 is 23.0 Å². The lowest BCUT2D eigenvalue weighted by Crippen LogP contribution is -3.14. The second-order valence-electron chi connectivity index (χ2n) is 6.84. The second kappa shape index (κ2) is 9.85. The van der Waals surface area contributed by atoms with Crippen molar-refractivity contribution in [3.63, 3.8) is 0 Å². The number of morpholine rings is 1. The minimum atomic E-state index is 0.630. The van der Waals surface area contributed by atoms with Crippen LogP contribution >= 0.6 is 12.2 Å². The van der Waals surface area contributed by atoms with Gasteiger partial charge in [0.2, 0.25) is 0 Å². The van der Waals surface area contributed by atoms with Gasteiger partial charge in [-0.2, -0.15) is 5.10 Å². The number of hydrogen-bond acceptors (Lipinski definition) is 3. The lowest BCUT2D eigenvalue weighted by atomic mass is 9.83. The molecule has 0 bridgehead atoms. The Morgan fingerprint density at radius 3 is 2.60 bits per heavy atom. The monoisotopic (exact) mass is 361 g/mol. The second-order valence-corrected chi connectivity index (χ2v) is 7.25. The fourth-order valence-electron chi connectivity index (χ4n) is 3.55. The Morgan fingerprint density at radius 2 is 1.88 bits per heavy atom. The van der Waals surface area contributed by atoms with Gasteiger partial charge in [0.25, 0.3) is 0 Å². The molecule has 1 aliphatic carbocycles. The van der Waals surface area contributed by atoms with E-state index in [1.54, 1.807) is 4.90 Å². The highest BCUT2D eigenvalue weighted by molar-refractivity contribution is 7.80. The van der Waals surface area contributed by atoms with Crippen LogP contribution in [0.2, 0.25) is 0 Å². The molecule has 0 amide bonds. The molecule has 1 heterocycles. The van der Waals surface area contributed by atoms with Gasteiger partial charge in [0.05, 0.1) is 26.3 Å². The van der Waals surface area contributed by atoms with Gasteiger partial charge in [0.1, 0.15) is 13.1 Å². The van der Waals surface area contributed by atoms with E-state index in [0.29, 0.717) is 11.0 Å². The number of benzene rings is 1. The van der Waals surface area contributed by atoms with Crippen molar-refractivity contribution in [3.05, 3.63) is 35.9 Å². The summed E-state index contributed by atoms with van der Waals surface area (Å²) in [7, 11) is 0. The summed E-state index contributed by atoms with van der Waals surface area (Å²) in [6, 6.07) is 10.8. The van der Waals surface area contributed by atoms with Gasteiger partial charge in [-0.25, -0.2) is 0 Å². The molecule has 1 saturated heterocycles. The minimum Gasteiger partial charge on any atom is -0.370 e. The van der Waals surface area contributed by atoms with E-state index in [9.17, 15) is 0 Å². The fraction of sp³-hybridized carbons (Fsp3) is 0.579. The first-order chi connectivity index (χ1) is 12.3. The zero-order valence-electron chi connectivity index (χ0n) is 14.8. The topological polar surface area (TPSA) is 50.1 Å². The third-order valence-corrected chi connectivity index (χ3v) is 5.35. The third kappa shape index (κ3) is 6.06. The number of ether oxygens (including phenoxy) is 1. The van der Waals surface area contributed by atoms with E-state index in [1.165, 1.54) is 24.1 Å².